The maximum Gasteiger partial charge on any atom is 0.310 e. The molecule has 0 aliphatic heterocycles. The third-order valence-corrected chi connectivity index (χ3v) is 1.13. The Hall–Kier alpha value is -1.43. The highest BCUT2D eigenvalue weighted by atomic mass is 16.4. The standard InChI is InChI=1S/C6H9NO5/c7-3(1-5(9)10)4(8)2-6(11)12/h3H,1-2,7H2,(H,9,10)(H,11,12)/t3-/m0/s1. The number of carbonyl (C=O) groups is 3. The summed E-state index contributed by atoms with van der Waals surface area (Å²) in [7, 11) is 0. The number of carbonyl (C=O) groups excluding carboxylic acids is 1. The van der Waals surface area contributed by atoms with Crippen LogP contribution in [0.25, 0.3) is 0 Å². The lowest BCUT2D eigenvalue weighted by molar-refractivity contribution is -0.143. The van der Waals surface area contributed by atoms with E-state index in [4.69, 9.17) is 15.9 Å². The molecule has 0 saturated carbocycles. The second kappa shape index (κ2) is 4.45. The van der Waals surface area contributed by atoms with Gasteiger partial charge >= 0.3 is 11.9 Å². The average molecular weight is 175 g/mol. The van der Waals surface area contributed by atoms with Crippen molar-refractivity contribution in [3.63, 3.8) is 0 Å². The Bertz CT molecular complexity index is 212. The summed E-state index contributed by atoms with van der Waals surface area (Å²) in [6.07, 6.45) is -1.26. The van der Waals surface area contributed by atoms with Crippen LogP contribution in [0.5, 0.6) is 0 Å². The van der Waals surface area contributed by atoms with Crippen LogP contribution < -0.4 is 5.73 Å². The smallest absolute Gasteiger partial charge is 0.310 e. The van der Waals surface area contributed by atoms with Crippen LogP contribution in [0.1, 0.15) is 12.8 Å². The van der Waals surface area contributed by atoms with E-state index in [-0.39, 0.29) is 0 Å². The zero-order valence-electron chi connectivity index (χ0n) is 6.19. The summed E-state index contributed by atoms with van der Waals surface area (Å²) < 4.78 is 0. The van der Waals surface area contributed by atoms with Gasteiger partial charge in [0.15, 0.2) is 5.78 Å². The molecule has 0 aromatic carbocycles. The lowest BCUT2D eigenvalue weighted by Gasteiger charge is -2.04. The fraction of sp³-hybridized carbons (Fsp3) is 0.500. The number of carboxylic acid groups (broad SMARTS) is 2. The van der Waals surface area contributed by atoms with Crippen molar-refractivity contribution in [3.05, 3.63) is 0 Å². The highest BCUT2D eigenvalue weighted by Crippen LogP contribution is 1.94. The number of rotatable bonds is 5. The molecule has 0 saturated heterocycles. The highest BCUT2D eigenvalue weighted by molar-refractivity contribution is 5.98. The Balaban J connectivity index is 3.93. The van der Waals surface area contributed by atoms with E-state index in [1.807, 2.05) is 0 Å². The van der Waals surface area contributed by atoms with Gasteiger partial charge in [0.2, 0.25) is 0 Å². The third-order valence-electron chi connectivity index (χ3n) is 1.13. The van der Waals surface area contributed by atoms with Crippen molar-refractivity contribution in [2.75, 3.05) is 0 Å². The molecule has 6 heteroatoms. The van der Waals surface area contributed by atoms with Crippen LogP contribution in [-0.2, 0) is 14.4 Å². The third kappa shape index (κ3) is 4.40. The summed E-state index contributed by atoms with van der Waals surface area (Å²) in [4.78, 5) is 30.7. The Labute approximate surface area is 68.0 Å². The molecule has 0 spiro atoms. The number of Topliss-reactive ketones (excluding diaryl/α,β-unsaturated/α-hetero) is 1. The van der Waals surface area contributed by atoms with Gasteiger partial charge in [-0.25, -0.2) is 0 Å². The van der Waals surface area contributed by atoms with E-state index < -0.39 is 36.6 Å². The van der Waals surface area contributed by atoms with Gasteiger partial charge < -0.3 is 15.9 Å². The van der Waals surface area contributed by atoms with Crippen molar-refractivity contribution in [2.24, 2.45) is 5.73 Å². The zero-order valence-corrected chi connectivity index (χ0v) is 6.19. The van der Waals surface area contributed by atoms with Crippen molar-refractivity contribution in [2.45, 2.75) is 18.9 Å². The lowest BCUT2D eigenvalue weighted by Crippen LogP contribution is -2.34. The van der Waals surface area contributed by atoms with E-state index in [0.29, 0.717) is 0 Å². The molecule has 0 heterocycles. The number of hydrogen-bond acceptors (Lipinski definition) is 4. The number of aliphatic carboxylic acids is 2. The second-order valence-corrected chi connectivity index (χ2v) is 2.24. The Kier molecular flexibility index (Phi) is 3.92. The minimum atomic E-state index is -1.30. The van der Waals surface area contributed by atoms with Crippen molar-refractivity contribution >= 4 is 17.7 Å². The molecular formula is C6H9NO5. The predicted octanol–water partition coefficient (Wildman–Crippen LogP) is -1.17. The summed E-state index contributed by atoms with van der Waals surface area (Å²) in [5.41, 5.74) is 5.07. The van der Waals surface area contributed by atoms with Crippen molar-refractivity contribution in [1.82, 2.24) is 0 Å². The van der Waals surface area contributed by atoms with Gasteiger partial charge in [0, 0.05) is 0 Å². The summed E-state index contributed by atoms with van der Waals surface area (Å²) >= 11 is 0. The molecule has 6 nitrogen and oxygen atoms in total. The van der Waals surface area contributed by atoms with Gasteiger partial charge in [-0.1, -0.05) is 0 Å². The van der Waals surface area contributed by atoms with Gasteiger partial charge in [-0.2, -0.15) is 0 Å². The topological polar surface area (TPSA) is 118 Å². The van der Waals surface area contributed by atoms with Crippen LogP contribution in [0.4, 0.5) is 0 Å². The first-order valence-corrected chi connectivity index (χ1v) is 3.15. The van der Waals surface area contributed by atoms with Crippen LogP contribution in [0.15, 0.2) is 0 Å². The number of hydrogen-bond donors (Lipinski definition) is 3. The quantitative estimate of drug-likeness (QED) is 0.453. The minimum Gasteiger partial charge on any atom is -0.481 e. The van der Waals surface area contributed by atoms with Crippen LogP contribution in [-0.4, -0.2) is 34.0 Å². The van der Waals surface area contributed by atoms with Gasteiger partial charge in [0.1, 0.15) is 6.42 Å². The van der Waals surface area contributed by atoms with Gasteiger partial charge in [-0.3, -0.25) is 14.4 Å². The summed E-state index contributed by atoms with van der Waals surface area (Å²) in [6, 6.07) is -1.22. The summed E-state index contributed by atoms with van der Waals surface area (Å²) in [5.74, 6) is -3.30. The molecule has 0 amide bonds. The monoisotopic (exact) mass is 175 g/mol. The molecule has 0 fully saturated rings. The van der Waals surface area contributed by atoms with E-state index in [9.17, 15) is 14.4 Å². The van der Waals surface area contributed by atoms with Gasteiger partial charge in [0.25, 0.3) is 0 Å². The van der Waals surface area contributed by atoms with E-state index in [1.54, 1.807) is 0 Å². The number of ketones is 1. The van der Waals surface area contributed by atoms with Gasteiger partial charge in [-0.15, -0.1) is 0 Å². The molecule has 0 unspecified atom stereocenters. The number of nitrogens with two attached hydrogens (primary N) is 1. The molecule has 0 rings (SSSR count). The highest BCUT2D eigenvalue weighted by Gasteiger charge is 2.18. The molecule has 0 aromatic heterocycles. The lowest BCUT2D eigenvalue weighted by atomic mass is 10.1. The maximum atomic E-state index is 10.7. The molecule has 0 radical (unpaired) electrons. The summed E-state index contributed by atoms with van der Waals surface area (Å²) in [6.45, 7) is 0. The van der Waals surface area contributed by atoms with Crippen molar-refractivity contribution in [3.8, 4) is 0 Å². The first kappa shape index (κ1) is 10.6. The van der Waals surface area contributed by atoms with E-state index in [1.165, 1.54) is 0 Å². The molecule has 4 N–H and O–H groups in total. The van der Waals surface area contributed by atoms with E-state index in [2.05, 4.69) is 0 Å². The van der Waals surface area contributed by atoms with E-state index in [0.717, 1.165) is 0 Å². The van der Waals surface area contributed by atoms with Crippen LogP contribution >= 0.6 is 0 Å². The van der Waals surface area contributed by atoms with Gasteiger partial charge in [0.05, 0.1) is 12.5 Å². The molecule has 0 aromatic rings. The number of carboxylic acids is 2. The van der Waals surface area contributed by atoms with Crippen LogP contribution in [0, 0.1) is 0 Å². The first-order valence-electron chi connectivity index (χ1n) is 3.15. The fourth-order valence-electron chi connectivity index (χ4n) is 0.582. The largest absolute Gasteiger partial charge is 0.481 e. The molecule has 0 bridgehead atoms. The Morgan fingerprint density at radius 2 is 1.67 bits per heavy atom. The van der Waals surface area contributed by atoms with E-state index >= 15 is 0 Å². The fourth-order valence-corrected chi connectivity index (χ4v) is 0.582. The Morgan fingerprint density at radius 1 is 1.17 bits per heavy atom. The van der Waals surface area contributed by atoms with Crippen LogP contribution in [0.3, 0.4) is 0 Å². The van der Waals surface area contributed by atoms with Gasteiger partial charge in [-0.05, 0) is 0 Å². The molecule has 0 aliphatic carbocycles. The average Bonchev–Trinajstić information content (AvgIpc) is 1.84. The SMILES string of the molecule is N[C@@H](CC(=O)O)C(=O)CC(=O)O. The minimum absolute atomic E-state index is 0.536. The Morgan fingerprint density at radius 3 is 2.00 bits per heavy atom. The zero-order chi connectivity index (χ0) is 9.72. The summed E-state index contributed by atoms with van der Waals surface area (Å²) in [5, 5.41) is 16.3. The predicted molar refractivity (Wildman–Crippen MR) is 37.5 cm³/mol. The van der Waals surface area contributed by atoms with Crippen molar-refractivity contribution < 1.29 is 24.6 Å². The molecule has 0 aliphatic rings. The normalized spacial score (nSPS) is 12.1. The molecule has 1 atom stereocenters. The van der Waals surface area contributed by atoms with Crippen molar-refractivity contribution in [1.29, 1.82) is 0 Å². The molecule has 12 heavy (non-hydrogen) atoms. The maximum absolute atomic E-state index is 10.7. The molecule has 68 valence electrons. The first-order chi connectivity index (χ1) is 5.43. The van der Waals surface area contributed by atoms with Crippen LogP contribution in [0.2, 0.25) is 0 Å². The molecular weight excluding hydrogens is 166 g/mol. The second-order valence-electron chi connectivity index (χ2n) is 2.24.